The Hall–Kier alpha value is -3.56. The van der Waals surface area contributed by atoms with Crippen molar-refractivity contribution in [3.8, 4) is 11.1 Å². The van der Waals surface area contributed by atoms with E-state index in [1.807, 2.05) is 0 Å². The number of carbonyl (C=O) groups is 2. The number of hydrogen-bond donors (Lipinski definition) is 2. The summed E-state index contributed by atoms with van der Waals surface area (Å²) in [5, 5.41) is 8.99. The molecule has 0 spiro atoms. The summed E-state index contributed by atoms with van der Waals surface area (Å²) < 4.78 is 41.1. The van der Waals surface area contributed by atoms with Crippen molar-refractivity contribution in [1.82, 2.24) is 9.79 Å². The molecule has 0 radical (unpaired) electrons. The Labute approximate surface area is 171 Å². The van der Waals surface area contributed by atoms with E-state index in [0.29, 0.717) is 9.87 Å². The second-order valence-corrected chi connectivity index (χ2v) is 8.45. The first kappa shape index (κ1) is 19.7. The molecular formula is C21H15FN2O5S. The number of sulfonamides is 1. The van der Waals surface area contributed by atoms with Gasteiger partial charge in [-0.05, 0) is 41.0 Å². The number of amides is 2. The molecule has 0 aliphatic carbocycles. The Morgan fingerprint density at radius 3 is 2.33 bits per heavy atom. The van der Waals surface area contributed by atoms with Crippen molar-refractivity contribution in [1.29, 1.82) is 0 Å². The van der Waals surface area contributed by atoms with Crippen LogP contribution in [-0.4, -0.2) is 29.7 Å². The first-order valence-electron chi connectivity index (χ1n) is 8.83. The molecule has 30 heavy (non-hydrogen) atoms. The number of nitrogens with zero attached hydrogens (tertiary/aromatic N) is 1. The van der Waals surface area contributed by atoms with Crippen molar-refractivity contribution in [3.63, 3.8) is 0 Å². The lowest BCUT2D eigenvalue weighted by atomic mass is 9.96. The van der Waals surface area contributed by atoms with Gasteiger partial charge in [-0.15, -0.1) is 0 Å². The highest BCUT2D eigenvalue weighted by atomic mass is 32.2. The van der Waals surface area contributed by atoms with Gasteiger partial charge in [0.25, 0.3) is 21.8 Å². The normalized spacial score (nSPS) is 14.5. The Kier molecular flexibility index (Phi) is 4.84. The monoisotopic (exact) mass is 426 g/mol. The SMILES string of the molecule is O=C(NO)c1c(F)cc(CN2C(=O)c3ccccc3S2(=O)=O)cc1-c1ccccc1. The molecule has 2 amide bonds. The van der Waals surface area contributed by atoms with Gasteiger partial charge in [0.15, 0.2) is 0 Å². The maximum absolute atomic E-state index is 14.8. The van der Waals surface area contributed by atoms with Crippen LogP contribution in [0.4, 0.5) is 4.39 Å². The summed E-state index contributed by atoms with van der Waals surface area (Å²) >= 11 is 0. The van der Waals surface area contributed by atoms with Gasteiger partial charge in [-0.25, -0.2) is 22.6 Å². The van der Waals surface area contributed by atoms with Crippen molar-refractivity contribution < 1.29 is 27.6 Å². The molecular weight excluding hydrogens is 411 g/mol. The fourth-order valence-corrected chi connectivity index (χ4v) is 5.00. The Morgan fingerprint density at radius 1 is 1.00 bits per heavy atom. The molecule has 0 unspecified atom stereocenters. The number of fused-ring (bicyclic) bond motifs is 1. The summed E-state index contributed by atoms with van der Waals surface area (Å²) in [5.74, 6) is -2.71. The predicted molar refractivity (Wildman–Crippen MR) is 105 cm³/mol. The van der Waals surface area contributed by atoms with Crippen LogP contribution in [0.25, 0.3) is 11.1 Å². The topological polar surface area (TPSA) is 104 Å². The largest absolute Gasteiger partial charge is 0.288 e. The van der Waals surface area contributed by atoms with Crippen LogP contribution in [0.15, 0.2) is 71.6 Å². The van der Waals surface area contributed by atoms with Crippen LogP contribution in [0.1, 0.15) is 26.3 Å². The lowest BCUT2D eigenvalue weighted by molar-refractivity contribution is 0.0702. The highest BCUT2D eigenvalue weighted by Gasteiger charge is 2.40. The summed E-state index contributed by atoms with van der Waals surface area (Å²) in [4.78, 5) is 24.6. The highest BCUT2D eigenvalue weighted by molar-refractivity contribution is 7.90. The van der Waals surface area contributed by atoms with Gasteiger partial charge in [-0.3, -0.25) is 14.8 Å². The zero-order valence-corrected chi connectivity index (χ0v) is 16.2. The minimum Gasteiger partial charge on any atom is -0.288 e. The third kappa shape index (κ3) is 3.14. The van der Waals surface area contributed by atoms with Crippen molar-refractivity contribution >= 4 is 21.8 Å². The van der Waals surface area contributed by atoms with E-state index in [4.69, 9.17) is 5.21 Å². The molecule has 0 fully saturated rings. The third-order valence-corrected chi connectivity index (χ3v) is 6.59. The van der Waals surface area contributed by atoms with Crippen molar-refractivity contribution in [3.05, 3.63) is 89.2 Å². The van der Waals surface area contributed by atoms with Crippen LogP contribution in [0.5, 0.6) is 0 Å². The number of rotatable bonds is 4. The number of nitrogens with one attached hydrogen (secondary N) is 1. The number of hydrogen-bond acceptors (Lipinski definition) is 5. The van der Waals surface area contributed by atoms with E-state index in [0.717, 1.165) is 6.07 Å². The molecule has 3 aromatic rings. The molecule has 0 atom stereocenters. The van der Waals surface area contributed by atoms with Crippen LogP contribution in [0, 0.1) is 5.82 Å². The molecule has 1 aliphatic rings. The van der Waals surface area contributed by atoms with Crippen LogP contribution in [-0.2, 0) is 16.6 Å². The van der Waals surface area contributed by atoms with Crippen LogP contribution in [0.3, 0.4) is 0 Å². The average Bonchev–Trinajstić information content (AvgIpc) is 2.94. The van der Waals surface area contributed by atoms with E-state index in [1.54, 1.807) is 36.4 Å². The van der Waals surface area contributed by atoms with Gasteiger partial charge >= 0.3 is 0 Å². The number of carbonyl (C=O) groups excluding carboxylic acids is 2. The first-order chi connectivity index (χ1) is 14.3. The van der Waals surface area contributed by atoms with Crippen molar-refractivity contribution in [2.45, 2.75) is 11.4 Å². The fourth-order valence-electron chi connectivity index (χ4n) is 3.44. The quantitative estimate of drug-likeness (QED) is 0.493. The average molecular weight is 426 g/mol. The van der Waals surface area contributed by atoms with Gasteiger partial charge in [0, 0.05) is 0 Å². The predicted octanol–water partition coefficient (Wildman–Crippen LogP) is 2.96. The zero-order chi connectivity index (χ0) is 21.5. The van der Waals surface area contributed by atoms with Crippen molar-refractivity contribution in [2.75, 3.05) is 0 Å². The number of benzene rings is 3. The van der Waals surface area contributed by atoms with E-state index < -0.39 is 39.8 Å². The molecule has 0 bridgehead atoms. The molecule has 9 heteroatoms. The molecule has 0 saturated carbocycles. The van der Waals surface area contributed by atoms with Gasteiger partial charge in [0.1, 0.15) is 10.7 Å². The van der Waals surface area contributed by atoms with Crippen molar-refractivity contribution in [2.24, 2.45) is 0 Å². The van der Waals surface area contributed by atoms with Gasteiger partial charge in [-0.2, -0.15) is 0 Å². The number of halogens is 1. The molecule has 7 nitrogen and oxygen atoms in total. The summed E-state index contributed by atoms with van der Waals surface area (Å²) in [6.45, 7) is -0.409. The third-order valence-electron chi connectivity index (χ3n) is 4.80. The Bertz CT molecular complexity index is 1280. The first-order valence-corrected chi connectivity index (χ1v) is 10.3. The minimum atomic E-state index is -4.07. The molecule has 152 valence electrons. The van der Waals surface area contributed by atoms with Gasteiger partial charge in [0.05, 0.1) is 17.7 Å². The second-order valence-electron chi connectivity index (χ2n) is 6.62. The molecule has 4 rings (SSSR count). The zero-order valence-electron chi connectivity index (χ0n) is 15.4. The summed E-state index contributed by atoms with van der Waals surface area (Å²) in [7, 11) is -4.07. The van der Waals surface area contributed by atoms with E-state index in [1.165, 1.54) is 29.7 Å². The summed E-state index contributed by atoms with van der Waals surface area (Å²) in [6.07, 6.45) is 0. The lowest BCUT2D eigenvalue weighted by Gasteiger charge is -2.17. The molecule has 0 aromatic heterocycles. The van der Waals surface area contributed by atoms with Crippen LogP contribution < -0.4 is 5.48 Å². The lowest BCUT2D eigenvalue weighted by Crippen LogP contribution is -2.29. The van der Waals surface area contributed by atoms with E-state index in [9.17, 15) is 22.4 Å². The van der Waals surface area contributed by atoms with E-state index in [2.05, 4.69) is 0 Å². The summed E-state index contributed by atoms with van der Waals surface area (Å²) in [6, 6.07) is 16.6. The molecule has 0 saturated heterocycles. The smallest absolute Gasteiger partial charge is 0.278 e. The Morgan fingerprint density at radius 2 is 1.67 bits per heavy atom. The summed E-state index contributed by atoms with van der Waals surface area (Å²) in [5.41, 5.74) is 1.88. The maximum Gasteiger partial charge on any atom is 0.278 e. The fraction of sp³-hybridized carbons (Fsp3) is 0.0476. The van der Waals surface area contributed by atoms with Crippen LogP contribution >= 0.6 is 0 Å². The maximum atomic E-state index is 14.8. The van der Waals surface area contributed by atoms with Gasteiger partial charge in [-0.1, -0.05) is 42.5 Å². The second kappa shape index (κ2) is 7.36. The highest BCUT2D eigenvalue weighted by Crippen LogP contribution is 2.33. The van der Waals surface area contributed by atoms with Gasteiger partial charge < -0.3 is 0 Å². The minimum absolute atomic E-state index is 0.0533. The van der Waals surface area contributed by atoms with E-state index in [-0.39, 0.29) is 21.6 Å². The molecule has 2 N–H and O–H groups in total. The van der Waals surface area contributed by atoms with Gasteiger partial charge in [0.2, 0.25) is 0 Å². The van der Waals surface area contributed by atoms with Crippen LogP contribution in [0.2, 0.25) is 0 Å². The Balaban J connectivity index is 1.81. The standard InChI is InChI=1S/C21H15FN2O5S/c22-17-11-13(10-16(19(17)20(25)23-27)14-6-2-1-3-7-14)12-24-21(26)15-8-4-5-9-18(15)30(24,28)29/h1-11,27H,12H2,(H,23,25). The molecule has 1 heterocycles. The molecule has 3 aromatic carbocycles. The number of hydroxylamine groups is 1. The molecule has 1 aliphatic heterocycles. The van der Waals surface area contributed by atoms with E-state index >= 15 is 0 Å².